The van der Waals surface area contributed by atoms with Crippen LogP contribution < -0.4 is 0 Å². The maximum Gasteiger partial charge on any atom is 0.329 e. The molecule has 0 spiro atoms. The number of carbonyl (C=O) groups is 1. The standard InChI is InChI=1S/C12H23NO6/c1-12(19-7-11(15)16)8-13(9-12)5-10(14)6-18-4-3-17-2/h10,14H,3-9H2,1-2H3,(H,15,16). The van der Waals surface area contributed by atoms with Crippen LogP contribution in [0.1, 0.15) is 6.92 Å². The number of aliphatic hydroxyl groups is 1. The molecular weight excluding hydrogens is 254 g/mol. The summed E-state index contributed by atoms with van der Waals surface area (Å²) >= 11 is 0. The third-order valence-electron chi connectivity index (χ3n) is 2.87. The van der Waals surface area contributed by atoms with Gasteiger partial charge in [-0.15, -0.1) is 0 Å². The Morgan fingerprint density at radius 1 is 1.42 bits per heavy atom. The third-order valence-corrected chi connectivity index (χ3v) is 2.87. The molecule has 0 radical (unpaired) electrons. The highest BCUT2D eigenvalue weighted by Gasteiger charge is 2.40. The average Bonchev–Trinajstić information content (AvgIpc) is 2.30. The highest BCUT2D eigenvalue weighted by atomic mass is 16.5. The number of aliphatic carboxylic acids is 1. The first kappa shape index (κ1) is 16.3. The molecule has 0 saturated carbocycles. The van der Waals surface area contributed by atoms with E-state index in [0.717, 1.165) is 0 Å². The molecule has 112 valence electrons. The van der Waals surface area contributed by atoms with Crippen LogP contribution in [-0.2, 0) is 19.0 Å². The van der Waals surface area contributed by atoms with Crippen molar-refractivity contribution in [1.82, 2.24) is 4.90 Å². The molecule has 2 N–H and O–H groups in total. The Hall–Kier alpha value is -0.730. The zero-order chi connectivity index (χ0) is 14.3. The number of methoxy groups -OCH3 is 1. The molecule has 0 amide bonds. The zero-order valence-corrected chi connectivity index (χ0v) is 11.5. The fraction of sp³-hybridized carbons (Fsp3) is 0.917. The lowest BCUT2D eigenvalue weighted by atomic mass is 9.96. The molecule has 1 atom stereocenters. The van der Waals surface area contributed by atoms with E-state index in [4.69, 9.17) is 19.3 Å². The number of ether oxygens (including phenoxy) is 3. The van der Waals surface area contributed by atoms with Gasteiger partial charge in [0.05, 0.1) is 31.5 Å². The van der Waals surface area contributed by atoms with Crippen LogP contribution in [0.4, 0.5) is 0 Å². The Balaban J connectivity index is 2.08. The van der Waals surface area contributed by atoms with Crippen molar-refractivity contribution in [1.29, 1.82) is 0 Å². The molecule has 1 unspecified atom stereocenters. The maximum atomic E-state index is 10.4. The highest BCUT2D eigenvalue weighted by Crippen LogP contribution is 2.24. The van der Waals surface area contributed by atoms with Crippen LogP contribution in [0, 0.1) is 0 Å². The first-order chi connectivity index (χ1) is 8.95. The quantitative estimate of drug-likeness (QED) is 0.505. The molecular formula is C12H23NO6. The fourth-order valence-corrected chi connectivity index (χ4v) is 2.07. The number of likely N-dealkylation sites (tertiary alicyclic amines) is 1. The third kappa shape index (κ3) is 6.31. The summed E-state index contributed by atoms with van der Waals surface area (Å²) in [6, 6.07) is 0. The van der Waals surface area contributed by atoms with E-state index in [1.54, 1.807) is 7.11 Å². The van der Waals surface area contributed by atoms with Gasteiger partial charge in [0.2, 0.25) is 0 Å². The van der Waals surface area contributed by atoms with E-state index in [2.05, 4.69) is 0 Å². The van der Waals surface area contributed by atoms with E-state index in [0.29, 0.717) is 32.8 Å². The van der Waals surface area contributed by atoms with Crippen molar-refractivity contribution in [2.24, 2.45) is 0 Å². The topological polar surface area (TPSA) is 88.5 Å². The molecule has 1 rings (SSSR count). The van der Waals surface area contributed by atoms with Gasteiger partial charge in [0.1, 0.15) is 6.61 Å². The smallest absolute Gasteiger partial charge is 0.329 e. The highest BCUT2D eigenvalue weighted by molar-refractivity contribution is 5.68. The molecule has 1 aliphatic rings. The Morgan fingerprint density at radius 3 is 2.68 bits per heavy atom. The van der Waals surface area contributed by atoms with Crippen LogP contribution in [0.5, 0.6) is 0 Å². The number of β-amino-alcohol motifs (C(OH)–C–C–N with tert-alkyl or cyclic N) is 1. The van der Waals surface area contributed by atoms with Crippen molar-refractivity contribution >= 4 is 5.97 Å². The van der Waals surface area contributed by atoms with Gasteiger partial charge < -0.3 is 24.4 Å². The molecule has 0 aromatic rings. The zero-order valence-electron chi connectivity index (χ0n) is 11.5. The van der Waals surface area contributed by atoms with Crippen LogP contribution in [0.15, 0.2) is 0 Å². The molecule has 0 aromatic carbocycles. The minimum atomic E-state index is -0.966. The van der Waals surface area contributed by atoms with Crippen LogP contribution in [0.3, 0.4) is 0 Å². The summed E-state index contributed by atoms with van der Waals surface area (Å²) in [4.78, 5) is 12.4. The minimum absolute atomic E-state index is 0.270. The van der Waals surface area contributed by atoms with E-state index in [1.807, 2.05) is 11.8 Å². The van der Waals surface area contributed by atoms with Gasteiger partial charge in [-0.1, -0.05) is 0 Å². The van der Waals surface area contributed by atoms with Crippen molar-refractivity contribution in [2.75, 3.05) is 53.2 Å². The Morgan fingerprint density at radius 2 is 2.11 bits per heavy atom. The van der Waals surface area contributed by atoms with E-state index in [-0.39, 0.29) is 13.2 Å². The molecule has 1 aliphatic heterocycles. The van der Waals surface area contributed by atoms with Crippen LogP contribution in [-0.4, -0.2) is 86.0 Å². The van der Waals surface area contributed by atoms with Crippen LogP contribution >= 0.6 is 0 Å². The van der Waals surface area contributed by atoms with Crippen molar-refractivity contribution in [3.05, 3.63) is 0 Å². The fourth-order valence-electron chi connectivity index (χ4n) is 2.07. The van der Waals surface area contributed by atoms with E-state index in [1.165, 1.54) is 0 Å². The first-order valence-corrected chi connectivity index (χ1v) is 6.28. The van der Waals surface area contributed by atoms with Crippen LogP contribution in [0.25, 0.3) is 0 Å². The van der Waals surface area contributed by atoms with E-state index in [9.17, 15) is 9.90 Å². The second-order valence-electron chi connectivity index (χ2n) is 5.02. The molecule has 7 nitrogen and oxygen atoms in total. The van der Waals surface area contributed by atoms with Gasteiger partial charge in [-0.25, -0.2) is 4.79 Å². The van der Waals surface area contributed by atoms with Gasteiger partial charge in [0.15, 0.2) is 0 Å². The lowest BCUT2D eigenvalue weighted by Gasteiger charge is -2.47. The Kier molecular flexibility index (Phi) is 6.67. The summed E-state index contributed by atoms with van der Waals surface area (Å²) in [5, 5.41) is 18.3. The Bertz CT molecular complexity index is 279. The van der Waals surface area contributed by atoms with Gasteiger partial charge in [-0.3, -0.25) is 4.90 Å². The molecule has 1 saturated heterocycles. The lowest BCUT2D eigenvalue weighted by molar-refractivity contribution is -0.168. The average molecular weight is 277 g/mol. The second-order valence-corrected chi connectivity index (χ2v) is 5.02. The summed E-state index contributed by atoms with van der Waals surface area (Å²) in [5.74, 6) is -0.966. The first-order valence-electron chi connectivity index (χ1n) is 6.28. The predicted molar refractivity (Wildman–Crippen MR) is 67.1 cm³/mol. The number of rotatable bonds is 10. The number of carboxylic acid groups (broad SMARTS) is 1. The number of hydrogen-bond donors (Lipinski definition) is 2. The van der Waals surface area contributed by atoms with Crippen molar-refractivity contribution in [3.63, 3.8) is 0 Å². The number of hydrogen-bond acceptors (Lipinski definition) is 6. The van der Waals surface area contributed by atoms with Crippen molar-refractivity contribution in [3.8, 4) is 0 Å². The minimum Gasteiger partial charge on any atom is -0.480 e. The molecule has 7 heteroatoms. The molecule has 1 fully saturated rings. The number of carboxylic acids is 1. The molecule has 0 bridgehead atoms. The molecule has 0 aromatic heterocycles. The summed E-state index contributed by atoms with van der Waals surface area (Å²) in [7, 11) is 1.60. The van der Waals surface area contributed by atoms with Gasteiger partial charge in [0.25, 0.3) is 0 Å². The SMILES string of the molecule is COCCOCC(O)CN1CC(C)(OCC(=O)O)C1. The van der Waals surface area contributed by atoms with Gasteiger partial charge in [0, 0.05) is 26.7 Å². The summed E-state index contributed by atoms with van der Waals surface area (Å²) in [6.07, 6.45) is -0.555. The lowest BCUT2D eigenvalue weighted by Crippen LogP contribution is -2.63. The van der Waals surface area contributed by atoms with Gasteiger partial charge in [-0.05, 0) is 6.92 Å². The Labute approximate surface area is 113 Å². The second kappa shape index (κ2) is 7.76. The summed E-state index contributed by atoms with van der Waals surface area (Å²) < 4.78 is 15.3. The predicted octanol–water partition coefficient (Wildman–Crippen LogP) is -0.814. The molecule has 0 aliphatic carbocycles. The summed E-state index contributed by atoms with van der Waals surface area (Å²) in [5.41, 5.74) is -0.422. The van der Waals surface area contributed by atoms with Crippen LogP contribution in [0.2, 0.25) is 0 Å². The molecule has 19 heavy (non-hydrogen) atoms. The largest absolute Gasteiger partial charge is 0.480 e. The number of nitrogens with zero attached hydrogens (tertiary/aromatic N) is 1. The monoisotopic (exact) mass is 277 g/mol. The van der Waals surface area contributed by atoms with Gasteiger partial charge >= 0.3 is 5.97 Å². The van der Waals surface area contributed by atoms with E-state index < -0.39 is 17.7 Å². The summed E-state index contributed by atoms with van der Waals surface area (Å²) in [6.45, 7) is 4.57. The maximum absolute atomic E-state index is 10.4. The van der Waals surface area contributed by atoms with Crippen molar-refractivity contribution < 1.29 is 29.2 Å². The van der Waals surface area contributed by atoms with Crippen molar-refractivity contribution in [2.45, 2.75) is 18.6 Å². The van der Waals surface area contributed by atoms with Gasteiger partial charge in [-0.2, -0.15) is 0 Å². The molecule has 1 heterocycles. The number of aliphatic hydroxyl groups excluding tert-OH is 1. The van der Waals surface area contributed by atoms with E-state index >= 15 is 0 Å². The normalized spacial score (nSPS) is 19.9.